The summed E-state index contributed by atoms with van der Waals surface area (Å²) in [4.78, 5) is 27.7. The summed E-state index contributed by atoms with van der Waals surface area (Å²) in [6, 6.07) is 14.0. The summed E-state index contributed by atoms with van der Waals surface area (Å²) < 4.78 is 11.0. The van der Waals surface area contributed by atoms with Crippen LogP contribution < -0.4 is 14.8 Å². The van der Waals surface area contributed by atoms with Gasteiger partial charge in [-0.15, -0.1) is 0 Å². The molecule has 0 heterocycles. The molecule has 0 spiro atoms. The molecule has 1 N–H and O–H groups in total. The largest absolute Gasteiger partial charge is 0.497 e. The lowest BCUT2D eigenvalue weighted by atomic mass is 9.95. The van der Waals surface area contributed by atoms with Gasteiger partial charge in [0.2, 0.25) is 5.91 Å². The van der Waals surface area contributed by atoms with E-state index in [-0.39, 0.29) is 31.0 Å². The summed E-state index contributed by atoms with van der Waals surface area (Å²) in [6.45, 7) is 1.81. The van der Waals surface area contributed by atoms with Crippen LogP contribution in [-0.2, 0) is 16.1 Å². The summed E-state index contributed by atoms with van der Waals surface area (Å²) in [7, 11) is 1.60. The van der Waals surface area contributed by atoms with Gasteiger partial charge in [-0.2, -0.15) is 0 Å². The number of nitrogens with zero attached hydrogens (tertiary/aromatic N) is 1. The summed E-state index contributed by atoms with van der Waals surface area (Å²) in [5.41, 5.74) is 0.868. The molecule has 7 heteroatoms. The standard InChI is InChI=1S/C25H31ClN2O4/c1-18(25(30)27-20-10-4-3-5-11-20)28(16-19-9-8-12-21(15-19)31-2)24(29)17-32-23-14-7-6-13-22(23)26/h6-9,12-15,18,20H,3-5,10-11,16-17H2,1-2H3,(H,27,30)/t18-/m1/s1. The molecule has 6 nitrogen and oxygen atoms in total. The highest BCUT2D eigenvalue weighted by atomic mass is 35.5. The number of nitrogens with one attached hydrogen (secondary N) is 1. The molecule has 1 aliphatic carbocycles. The van der Waals surface area contributed by atoms with E-state index in [0.717, 1.165) is 31.2 Å². The molecular weight excluding hydrogens is 428 g/mol. The van der Waals surface area contributed by atoms with Crippen LogP contribution in [0.1, 0.15) is 44.6 Å². The Morgan fingerprint density at radius 2 is 1.88 bits per heavy atom. The first kappa shape index (κ1) is 23.9. The normalized spacial score (nSPS) is 15.0. The number of halogens is 1. The number of ether oxygens (including phenoxy) is 2. The van der Waals surface area contributed by atoms with Crippen LogP contribution in [0.3, 0.4) is 0 Å². The number of hydrogen-bond donors (Lipinski definition) is 1. The fourth-order valence-corrected chi connectivity index (χ4v) is 4.09. The van der Waals surface area contributed by atoms with Crippen LogP contribution in [0.2, 0.25) is 5.02 Å². The number of methoxy groups -OCH3 is 1. The van der Waals surface area contributed by atoms with E-state index < -0.39 is 6.04 Å². The van der Waals surface area contributed by atoms with Crippen molar-refractivity contribution < 1.29 is 19.1 Å². The number of para-hydroxylation sites is 1. The lowest BCUT2D eigenvalue weighted by Gasteiger charge is -2.31. The monoisotopic (exact) mass is 458 g/mol. The van der Waals surface area contributed by atoms with E-state index in [1.165, 1.54) is 6.42 Å². The number of amides is 2. The number of hydrogen-bond acceptors (Lipinski definition) is 4. The van der Waals surface area contributed by atoms with Crippen molar-refractivity contribution in [2.45, 2.75) is 57.7 Å². The van der Waals surface area contributed by atoms with Gasteiger partial charge in [-0.1, -0.05) is 55.1 Å². The number of carbonyl (C=O) groups excluding carboxylic acids is 2. The van der Waals surface area contributed by atoms with Crippen molar-refractivity contribution in [2.75, 3.05) is 13.7 Å². The van der Waals surface area contributed by atoms with Crippen LogP contribution in [0.25, 0.3) is 0 Å². The van der Waals surface area contributed by atoms with Crippen molar-refractivity contribution in [1.29, 1.82) is 0 Å². The molecule has 2 aromatic rings. The van der Waals surface area contributed by atoms with E-state index in [1.54, 1.807) is 43.2 Å². The zero-order valence-corrected chi connectivity index (χ0v) is 19.4. The number of carbonyl (C=O) groups is 2. The van der Waals surface area contributed by atoms with E-state index in [0.29, 0.717) is 16.5 Å². The average molecular weight is 459 g/mol. The average Bonchev–Trinajstić information content (AvgIpc) is 2.82. The van der Waals surface area contributed by atoms with Gasteiger partial charge in [-0.3, -0.25) is 9.59 Å². The predicted molar refractivity (Wildman–Crippen MR) is 125 cm³/mol. The first-order valence-electron chi connectivity index (χ1n) is 11.1. The Morgan fingerprint density at radius 1 is 1.12 bits per heavy atom. The van der Waals surface area contributed by atoms with Gasteiger partial charge < -0.3 is 19.7 Å². The van der Waals surface area contributed by atoms with Gasteiger partial charge in [-0.05, 0) is 49.6 Å². The lowest BCUT2D eigenvalue weighted by molar-refractivity contribution is -0.142. The van der Waals surface area contributed by atoms with Crippen molar-refractivity contribution in [3.05, 3.63) is 59.1 Å². The van der Waals surface area contributed by atoms with Crippen molar-refractivity contribution in [1.82, 2.24) is 10.2 Å². The maximum absolute atomic E-state index is 13.2. The van der Waals surface area contributed by atoms with Crippen LogP contribution in [-0.4, -0.2) is 42.5 Å². The highest BCUT2D eigenvalue weighted by Gasteiger charge is 2.28. The van der Waals surface area contributed by atoms with Crippen molar-refractivity contribution in [2.24, 2.45) is 0 Å². The van der Waals surface area contributed by atoms with E-state index >= 15 is 0 Å². The third-order valence-electron chi connectivity index (χ3n) is 5.79. The fraction of sp³-hybridized carbons (Fsp3) is 0.440. The maximum atomic E-state index is 13.2. The predicted octanol–water partition coefficient (Wildman–Crippen LogP) is 4.59. The Morgan fingerprint density at radius 3 is 2.59 bits per heavy atom. The minimum atomic E-state index is -0.648. The molecule has 0 saturated heterocycles. The minimum Gasteiger partial charge on any atom is -0.497 e. The van der Waals surface area contributed by atoms with Gasteiger partial charge in [-0.25, -0.2) is 0 Å². The van der Waals surface area contributed by atoms with Crippen molar-refractivity contribution in [3.63, 3.8) is 0 Å². The SMILES string of the molecule is COc1cccc(CN(C(=O)COc2ccccc2Cl)[C@H](C)C(=O)NC2CCCCC2)c1. The maximum Gasteiger partial charge on any atom is 0.261 e. The molecule has 1 atom stereocenters. The lowest BCUT2D eigenvalue weighted by Crippen LogP contribution is -2.51. The van der Waals surface area contributed by atoms with Crippen molar-refractivity contribution in [3.8, 4) is 11.5 Å². The van der Waals surface area contributed by atoms with Crippen molar-refractivity contribution >= 4 is 23.4 Å². The third-order valence-corrected chi connectivity index (χ3v) is 6.11. The summed E-state index contributed by atoms with van der Waals surface area (Å²) in [6.07, 6.45) is 5.42. The molecule has 32 heavy (non-hydrogen) atoms. The van der Waals surface area contributed by atoms with E-state index in [4.69, 9.17) is 21.1 Å². The van der Waals surface area contributed by atoms with Crippen LogP contribution in [0, 0.1) is 0 Å². The van der Waals surface area contributed by atoms with E-state index in [9.17, 15) is 9.59 Å². The molecule has 1 fully saturated rings. The first-order valence-corrected chi connectivity index (χ1v) is 11.5. The van der Waals surface area contributed by atoms with Gasteiger partial charge >= 0.3 is 0 Å². The summed E-state index contributed by atoms with van der Waals surface area (Å²) in [5, 5.41) is 3.56. The Hall–Kier alpha value is -2.73. The van der Waals surface area contributed by atoms with Crippen LogP contribution in [0.15, 0.2) is 48.5 Å². The first-order chi connectivity index (χ1) is 15.5. The zero-order chi connectivity index (χ0) is 22.9. The van der Waals surface area contributed by atoms with Gasteiger partial charge in [0, 0.05) is 12.6 Å². The van der Waals surface area contributed by atoms with E-state index in [2.05, 4.69) is 5.32 Å². The molecule has 172 valence electrons. The van der Waals surface area contributed by atoms with Gasteiger partial charge in [0.15, 0.2) is 6.61 Å². The molecule has 2 amide bonds. The van der Waals surface area contributed by atoms with E-state index in [1.807, 2.05) is 24.3 Å². The van der Waals surface area contributed by atoms with Crippen LogP contribution in [0.4, 0.5) is 0 Å². The topological polar surface area (TPSA) is 67.9 Å². The molecule has 0 unspecified atom stereocenters. The number of benzene rings is 2. The molecule has 0 aliphatic heterocycles. The Balaban J connectivity index is 1.73. The molecule has 3 rings (SSSR count). The highest BCUT2D eigenvalue weighted by Crippen LogP contribution is 2.24. The molecule has 1 saturated carbocycles. The smallest absolute Gasteiger partial charge is 0.261 e. The van der Waals surface area contributed by atoms with Gasteiger partial charge in [0.05, 0.1) is 12.1 Å². The quantitative estimate of drug-likeness (QED) is 0.596. The molecular formula is C25H31ClN2O4. The van der Waals surface area contributed by atoms with Crippen LogP contribution in [0.5, 0.6) is 11.5 Å². The zero-order valence-electron chi connectivity index (χ0n) is 18.7. The fourth-order valence-electron chi connectivity index (χ4n) is 3.90. The second-order valence-corrected chi connectivity index (χ2v) is 8.52. The van der Waals surface area contributed by atoms with Gasteiger partial charge in [0.25, 0.3) is 5.91 Å². The Labute approximate surface area is 194 Å². The highest BCUT2D eigenvalue weighted by molar-refractivity contribution is 6.32. The molecule has 1 aliphatic rings. The van der Waals surface area contributed by atoms with Gasteiger partial charge in [0.1, 0.15) is 17.5 Å². The Bertz CT molecular complexity index is 914. The van der Waals surface area contributed by atoms with Crippen LogP contribution >= 0.6 is 11.6 Å². The second-order valence-electron chi connectivity index (χ2n) is 8.11. The molecule has 0 radical (unpaired) electrons. The third kappa shape index (κ3) is 6.63. The Kier molecular flexibility index (Phi) is 8.80. The molecule has 2 aromatic carbocycles. The number of rotatable bonds is 9. The summed E-state index contributed by atoms with van der Waals surface area (Å²) in [5.74, 6) is 0.689. The second kappa shape index (κ2) is 11.8. The molecule has 0 aromatic heterocycles. The minimum absolute atomic E-state index is 0.147. The summed E-state index contributed by atoms with van der Waals surface area (Å²) >= 11 is 6.14. The molecule has 0 bridgehead atoms.